The summed E-state index contributed by atoms with van der Waals surface area (Å²) in [7, 11) is 0. The predicted molar refractivity (Wildman–Crippen MR) is 87.1 cm³/mol. The zero-order valence-corrected chi connectivity index (χ0v) is 14.3. The van der Waals surface area contributed by atoms with Crippen molar-refractivity contribution in [2.75, 3.05) is 39.3 Å². The molecule has 0 aromatic rings. The molecule has 0 aromatic carbocycles. The maximum Gasteiger partial charge on any atom is 0.236 e. The van der Waals surface area contributed by atoms with Gasteiger partial charge in [-0.1, -0.05) is 27.7 Å². The molecule has 0 saturated carbocycles. The minimum absolute atomic E-state index is 0. The van der Waals surface area contributed by atoms with Crippen LogP contribution in [0.5, 0.6) is 0 Å². The van der Waals surface area contributed by atoms with Crippen LogP contribution in [0.15, 0.2) is 0 Å². The summed E-state index contributed by atoms with van der Waals surface area (Å²) in [4.78, 5) is 16.7. The molecule has 1 unspecified atom stereocenters. The molecule has 0 aromatic heterocycles. The van der Waals surface area contributed by atoms with E-state index in [1.165, 1.54) is 0 Å². The molecular weight excluding hydrogens is 274 g/mol. The molecule has 0 radical (unpaired) electrons. The number of hydrogen-bond acceptors (Lipinski definition) is 3. The topological polar surface area (TPSA) is 49.6 Å². The molecule has 2 N–H and O–H groups in total. The number of nitrogens with two attached hydrogens (primary N) is 1. The molecule has 1 aliphatic heterocycles. The van der Waals surface area contributed by atoms with Crippen LogP contribution in [0.2, 0.25) is 0 Å². The molecule has 5 heteroatoms. The minimum atomic E-state index is 0. The number of halogens is 1. The first-order valence-electron chi connectivity index (χ1n) is 7.62. The highest BCUT2D eigenvalue weighted by Crippen LogP contribution is 2.15. The van der Waals surface area contributed by atoms with Crippen LogP contribution in [0.3, 0.4) is 0 Å². The summed E-state index contributed by atoms with van der Waals surface area (Å²) in [5.41, 5.74) is 5.70. The van der Waals surface area contributed by atoms with Crippen LogP contribution in [0.4, 0.5) is 0 Å². The van der Waals surface area contributed by atoms with Crippen molar-refractivity contribution >= 4 is 18.3 Å². The number of carbonyl (C=O) groups excluding carboxylic acids is 1. The fourth-order valence-electron chi connectivity index (χ4n) is 2.70. The van der Waals surface area contributed by atoms with Gasteiger partial charge in [-0.2, -0.15) is 0 Å². The van der Waals surface area contributed by atoms with E-state index in [-0.39, 0.29) is 18.3 Å². The largest absolute Gasteiger partial charge is 0.341 e. The molecule has 120 valence electrons. The summed E-state index contributed by atoms with van der Waals surface area (Å²) in [5.74, 6) is 1.91. The monoisotopic (exact) mass is 305 g/mol. The second kappa shape index (κ2) is 9.59. The van der Waals surface area contributed by atoms with E-state index in [1.54, 1.807) is 0 Å². The Kier molecular flexibility index (Phi) is 9.43. The molecule has 1 saturated heterocycles. The molecule has 20 heavy (non-hydrogen) atoms. The molecule has 0 aliphatic carbocycles. The van der Waals surface area contributed by atoms with E-state index in [0.29, 0.717) is 24.3 Å². The first-order valence-corrected chi connectivity index (χ1v) is 7.62. The number of carbonyl (C=O) groups is 1. The SMILES string of the molecule is CC(C)CN(CC(C)C)C(=O)CN1CCC(CN)C1.Cl. The summed E-state index contributed by atoms with van der Waals surface area (Å²) >= 11 is 0. The van der Waals surface area contributed by atoms with E-state index >= 15 is 0 Å². The zero-order valence-electron chi connectivity index (χ0n) is 13.5. The maximum absolute atomic E-state index is 12.4. The summed E-state index contributed by atoms with van der Waals surface area (Å²) in [5, 5.41) is 0. The Balaban J connectivity index is 0.00000361. The number of nitrogens with zero attached hydrogens (tertiary/aromatic N) is 2. The number of amides is 1. The lowest BCUT2D eigenvalue weighted by Gasteiger charge is -2.28. The molecule has 1 heterocycles. The van der Waals surface area contributed by atoms with E-state index in [0.717, 1.165) is 39.1 Å². The van der Waals surface area contributed by atoms with Crippen molar-refractivity contribution in [1.82, 2.24) is 9.80 Å². The Morgan fingerprint density at radius 1 is 1.25 bits per heavy atom. The van der Waals surface area contributed by atoms with Crippen LogP contribution in [-0.2, 0) is 4.79 Å². The highest BCUT2D eigenvalue weighted by atomic mass is 35.5. The summed E-state index contributed by atoms with van der Waals surface area (Å²) < 4.78 is 0. The smallest absolute Gasteiger partial charge is 0.236 e. The molecule has 1 aliphatic rings. The molecule has 4 nitrogen and oxygen atoms in total. The van der Waals surface area contributed by atoms with Gasteiger partial charge in [-0.25, -0.2) is 0 Å². The van der Waals surface area contributed by atoms with E-state index < -0.39 is 0 Å². The van der Waals surface area contributed by atoms with E-state index in [9.17, 15) is 4.79 Å². The lowest BCUT2D eigenvalue weighted by atomic mass is 10.1. The van der Waals surface area contributed by atoms with Gasteiger partial charge in [0.25, 0.3) is 0 Å². The van der Waals surface area contributed by atoms with Crippen molar-refractivity contribution in [1.29, 1.82) is 0 Å². The first-order chi connectivity index (χ1) is 8.92. The Hall–Kier alpha value is -0.320. The van der Waals surface area contributed by atoms with Gasteiger partial charge in [-0.15, -0.1) is 12.4 Å². The number of rotatable bonds is 7. The quantitative estimate of drug-likeness (QED) is 0.781. The fraction of sp³-hybridized carbons (Fsp3) is 0.933. The summed E-state index contributed by atoms with van der Waals surface area (Å²) in [6.45, 7) is 13.7. The molecule has 1 atom stereocenters. The van der Waals surface area contributed by atoms with Crippen molar-refractivity contribution in [2.24, 2.45) is 23.5 Å². The van der Waals surface area contributed by atoms with Crippen LogP contribution < -0.4 is 5.73 Å². The zero-order chi connectivity index (χ0) is 14.4. The van der Waals surface area contributed by atoms with Crippen LogP contribution in [0, 0.1) is 17.8 Å². The highest BCUT2D eigenvalue weighted by Gasteiger charge is 2.25. The van der Waals surface area contributed by atoms with Gasteiger partial charge in [0, 0.05) is 19.6 Å². The second-order valence-electron chi connectivity index (χ2n) is 6.71. The normalized spacial score (nSPS) is 19.4. The Bertz CT molecular complexity index is 274. The van der Waals surface area contributed by atoms with Gasteiger partial charge in [0.05, 0.1) is 6.54 Å². The summed E-state index contributed by atoms with van der Waals surface area (Å²) in [6, 6.07) is 0. The van der Waals surface area contributed by atoms with Crippen LogP contribution in [0.25, 0.3) is 0 Å². The Morgan fingerprint density at radius 3 is 2.20 bits per heavy atom. The second-order valence-corrected chi connectivity index (χ2v) is 6.71. The van der Waals surface area contributed by atoms with Gasteiger partial charge in [0.1, 0.15) is 0 Å². The van der Waals surface area contributed by atoms with Crippen LogP contribution >= 0.6 is 12.4 Å². The third kappa shape index (κ3) is 6.91. The van der Waals surface area contributed by atoms with Gasteiger partial charge < -0.3 is 10.6 Å². The highest BCUT2D eigenvalue weighted by molar-refractivity contribution is 5.85. The van der Waals surface area contributed by atoms with Crippen molar-refractivity contribution in [2.45, 2.75) is 34.1 Å². The molecule has 1 fully saturated rings. The van der Waals surface area contributed by atoms with Crippen molar-refractivity contribution in [3.8, 4) is 0 Å². The van der Waals surface area contributed by atoms with Crippen molar-refractivity contribution in [3.05, 3.63) is 0 Å². The minimum Gasteiger partial charge on any atom is -0.341 e. The third-order valence-corrected chi connectivity index (χ3v) is 3.59. The van der Waals surface area contributed by atoms with Gasteiger partial charge >= 0.3 is 0 Å². The number of hydrogen-bond donors (Lipinski definition) is 1. The molecule has 1 amide bonds. The van der Waals surface area contributed by atoms with E-state index in [2.05, 4.69) is 32.6 Å². The van der Waals surface area contributed by atoms with E-state index in [4.69, 9.17) is 5.73 Å². The number of likely N-dealkylation sites (tertiary alicyclic amines) is 1. The third-order valence-electron chi connectivity index (χ3n) is 3.59. The molecule has 1 rings (SSSR count). The standard InChI is InChI=1S/C15H31N3O.ClH/c1-12(2)8-18(9-13(3)4)15(19)11-17-6-5-14(7-16)10-17;/h12-14H,5-11,16H2,1-4H3;1H. The Morgan fingerprint density at radius 2 is 1.80 bits per heavy atom. The average Bonchev–Trinajstić information content (AvgIpc) is 2.74. The molecular formula is C15H32ClN3O. The van der Waals surface area contributed by atoms with Crippen molar-refractivity contribution < 1.29 is 4.79 Å². The average molecular weight is 306 g/mol. The lowest BCUT2D eigenvalue weighted by molar-refractivity contribution is -0.133. The lowest BCUT2D eigenvalue weighted by Crippen LogP contribution is -2.43. The van der Waals surface area contributed by atoms with Gasteiger partial charge in [0.15, 0.2) is 0 Å². The fourth-order valence-corrected chi connectivity index (χ4v) is 2.70. The van der Waals surface area contributed by atoms with Crippen molar-refractivity contribution in [3.63, 3.8) is 0 Å². The first kappa shape index (κ1) is 19.7. The molecule has 0 bridgehead atoms. The van der Waals surface area contributed by atoms with Gasteiger partial charge in [0.2, 0.25) is 5.91 Å². The Labute approximate surface area is 130 Å². The van der Waals surface area contributed by atoms with Gasteiger partial charge in [-0.3, -0.25) is 9.69 Å². The maximum atomic E-state index is 12.4. The van der Waals surface area contributed by atoms with Crippen LogP contribution in [0.1, 0.15) is 34.1 Å². The van der Waals surface area contributed by atoms with E-state index in [1.807, 2.05) is 4.90 Å². The summed E-state index contributed by atoms with van der Waals surface area (Å²) in [6.07, 6.45) is 1.14. The van der Waals surface area contributed by atoms with Crippen LogP contribution in [-0.4, -0.2) is 55.0 Å². The predicted octanol–water partition coefficient (Wildman–Crippen LogP) is 1.83. The van der Waals surface area contributed by atoms with Gasteiger partial charge in [-0.05, 0) is 37.3 Å². The molecule has 0 spiro atoms.